The van der Waals surface area contributed by atoms with Gasteiger partial charge in [-0.05, 0) is 70.4 Å². The van der Waals surface area contributed by atoms with Gasteiger partial charge in [-0.3, -0.25) is 0 Å². The molecule has 0 N–H and O–H groups in total. The molecule has 12 aromatic carbocycles. The number of benzene rings is 12. The zero-order valence-corrected chi connectivity index (χ0v) is 43.0. The monoisotopic (exact) mass is 1020 g/mol. The summed E-state index contributed by atoms with van der Waals surface area (Å²) in [6.45, 7) is 9.89. The maximum Gasteiger partial charge on any atom is 0.237 e. The highest BCUT2D eigenvalue weighted by atomic mass is 32.1. The molecule has 0 aliphatic heterocycles. The van der Waals surface area contributed by atoms with E-state index in [9.17, 15) is 11.8 Å². The van der Waals surface area contributed by atoms with Gasteiger partial charge in [0.05, 0.1) is 83.7 Å². The molecule has 6 nitrogen and oxygen atoms in total. The molecule has 0 atom stereocenters. The van der Waals surface area contributed by atoms with Gasteiger partial charge in [0.1, 0.15) is 6.07 Å². The highest BCUT2D eigenvalue weighted by Gasteiger charge is 2.35. The first-order valence-electron chi connectivity index (χ1n) is 26.5. The van der Waals surface area contributed by atoms with E-state index in [-0.39, 0.29) is 0 Å². The molecule has 5 heterocycles. The lowest BCUT2D eigenvalue weighted by Crippen LogP contribution is -2.14. The summed E-state index contributed by atoms with van der Waals surface area (Å²) >= 11 is 1.80. The van der Waals surface area contributed by atoms with Gasteiger partial charge in [0.15, 0.2) is 0 Å². The molecule has 79 heavy (non-hydrogen) atoms. The van der Waals surface area contributed by atoms with Crippen LogP contribution >= 0.6 is 11.3 Å². The summed E-state index contributed by atoms with van der Waals surface area (Å²) in [7, 11) is 0. The lowest BCUT2D eigenvalue weighted by molar-refractivity contribution is 1.03. The van der Waals surface area contributed by atoms with Gasteiger partial charge in [-0.25, -0.2) is 4.85 Å². The fourth-order valence-corrected chi connectivity index (χ4v) is 14.7. The van der Waals surface area contributed by atoms with E-state index < -0.39 is 0 Å². The van der Waals surface area contributed by atoms with Crippen LogP contribution in [0.25, 0.3) is 157 Å². The van der Waals surface area contributed by atoms with E-state index in [4.69, 9.17) is 4.85 Å². The van der Waals surface area contributed by atoms with Crippen molar-refractivity contribution in [3.05, 3.63) is 260 Å². The average molecular weight is 1020 g/mol. The minimum Gasteiger partial charge on any atom is -0.318 e. The van der Waals surface area contributed by atoms with Gasteiger partial charge in [-0.15, -0.1) is 11.3 Å². The van der Waals surface area contributed by atoms with Gasteiger partial charge in [-0.2, -0.15) is 5.26 Å². The fraction of sp³-hybridized carbons (Fsp3) is 0. The minimum absolute atomic E-state index is 0.359. The van der Waals surface area contributed by atoms with Gasteiger partial charge >= 0.3 is 0 Å². The first-order valence-corrected chi connectivity index (χ1v) is 27.3. The molecule has 0 spiro atoms. The number of thiophene rings is 1. The highest BCUT2D eigenvalue weighted by Crippen LogP contribution is 2.54. The molecule has 0 saturated carbocycles. The second kappa shape index (κ2) is 16.4. The van der Waals surface area contributed by atoms with Gasteiger partial charge in [-0.1, -0.05) is 194 Å². The number of aromatic nitrogens is 4. The fourth-order valence-electron chi connectivity index (χ4n) is 13.5. The van der Waals surface area contributed by atoms with E-state index >= 15 is 0 Å². The molecule has 0 bridgehead atoms. The Morgan fingerprint density at radius 1 is 0.342 bits per heavy atom. The maximum absolute atomic E-state index is 12.7. The van der Waals surface area contributed by atoms with Gasteiger partial charge in [0.2, 0.25) is 5.69 Å². The Bertz CT molecular complexity index is 5290. The summed E-state index contributed by atoms with van der Waals surface area (Å²) in [6, 6.07) is 89.2. The Morgan fingerprint density at radius 3 is 1.30 bits per heavy atom. The van der Waals surface area contributed by atoms with Gasteiger partial charge < -0.3 is 18.3 Å². The normalized spacial score (nSPS) is 12.0. The van der Waals surface area contributed by atoms with Crippen LogP contribution in [-0.2, 0) is 0 Å². The highest BCUT2D eigenvalue weighted by molar-refractivity contribution is 7.26. The summed E-state index contributed by atoms with van der Waals surface area (Å²) in [5.41, 5.74) is 13.1. The van der Waals surface area contributed by atoms with E-state index in [1.807, 2.05) is 0 Å². The van der Waals surface area contributed by atoms with Crippen LogP contribution in [0.2, 0.25) is 0 Å². The molecule has 17 rings (SSSR count). The molecule has 0 amide bonds. The Hall–Kier alpha value is -10.7. The number of hydrogen-bond acceptors (Lipinski definition) is 2. The maximum atomic E-state index is 12.7. The van der Waals surface area contributed by atoms with Crippen LogP contribution in [0.5, 0.6) is 0 Å². The lowest BCUT2D eigenvalue weighted by Gasteiger charge is -2.27. The molecule has 364 valence electrons. The quantitative estimate of drug-likeness (QED) is 0.159. The third kappa shape index (κ3) is 5.81. The van der Waals surface area contributed by atoms with E-state index in [0.29, 0.717) is 28.3 Å². The minimum atomic E-state index is 0.359. The zero-order chi connectivity index (χ0) is 52.0. The molecule has 0 unspecified atom stereocenters. The summed E-state index contributed by atoms with van der Waals surface area (Å²) in [5.74, 6) is 0. The summed E-state index contributed by atoms with van der Waals surface area (Å²) in [6.07, 6.45) is 0. The molecule has 0 saturated heterocycles. The molecular formula is C72H40N6S. The molecule has 5 aromatic heterocycles. The van der Waals surface area contributed by atoms with Crippen molar-refractivity contribution < 1.29 is 0 Å². The number of nitriles is 1. The third-order valence-corrected chi connectivity index (χ3v) is 17.8. The molecular weight excluding hydrogens is 981 g/mol. The third-order valence-electron chi connectivity index (χ3n) is 16.6. The van der Waals surface area contributed by atoms with Crippen molar-refractivity contribution in [1.29, 1.82) is 5.26 Å². The first kappa shape index (κ1) is 43.5. The van der Waals surface area contributed by atoms with Gasteiger partial charge in [0, 0.05) is 58.6 Å². The number of hydrogen-bond donors (Lipinski definition) is 0. The largest absolute Gasteiger partial charge is 0.318 e. The Balaban J connectivity index is 1.21. The summed E-state index contributed by atoms with van der Waals surface area (Å²) in [4.78, 5) is 4.83. The topological polar surface area (TPSA) is 47.9 Å². The van der Waals surface area contributed by atoms with Crippen LogP contribution in [0.15, 0.2) is 243 Å². The summed E-state index contributed by atoms with van der Waals surface area (Å²) in [5, 5.41) is 25.8. The lowest BCUT2D eigenvalue weighted by atomic mass is 9.94. The van der Waals surface area contributed by atoms with Crippen molar-refractivity contribution in [2.75, 3.05) is 0 Å². The molecule has 0 aliphatic carbocycles. The number of rotatable bonds is 5. The molecule has 0 radical (unpaired) electrons. The van der Waals surface area contributed by atoms with E-state index in [1.54, 1.807) is 11.3 Å². The molecule has 0 fully saturated rings. The van der Waals surface area contributed by atoms with Crippen LogP contribution in [0.1, 0.15) is 5.56 Å². The average Bonchev–Trinajstić information content (AvgIpc) is 4.52. The smallest absolute Gasteiger partial charge is 0.237 e. The van der Waals surface area contributed by atoms with E-state index in [2.05, 4.69) is 267 Å². The Labute approximate surface area is 455 Å². The van der Waals surface area contributed by atoms with Crippen LogP contribution in [0.4, 0.5) is 5.69 Å². The van der Waals surface area contributed by atoms with Crippen LogP contribution in [0.3, 0.4) is 0 Å². The standard InChI is InChI=1S/C72H40N6S/c1-74-66-67(75-57-32-11-4-23-46(57)47-24-5-12-33-58(47)75)56(42-73)68(76-59-34-13-6-25-48(59)49-26-7-14-35-60(49)76)71(70(66)77-61-36-15-8-27-50(61)51-28-9-16-37-62(51)77)78-63-38-19-31-53(45-30-18-21-43-20-2-3-22-44(43)45)65(63)55-41-40-54-52-29-10-17-39-64(52)79-72(54)69(55)78/h2-41H. The number of fused-ring (bicyclic) bond motifs is 17. The second-order valence-corrected chi connectivity index (χ2v) is 21.5. The SMILES string of the molecule is [C-]#[N+]c1c(-n2c3ccccc3c3ccccc32)c(C#N)c(-n2c3ccccc3c3ccccc32)c(-n2c3cccc(-c4cccc5ccccc45)c3c3ccc4c5ccccc5sc4c32)c1-n1c2ccccc2c2ccccc21. The van der Waals surface area contributed by atoms with E-state index in [0.717, 1.165) is 125 Å². The van der Waals surface area contributed by atoms with Crippen molar-refractivity contribution in [2.45, 2.75) is 0 Å². The number of nitrogens with zero attached hydrogens (tertiary/aromatic N) is 6. The zero-order valence-electron chi connectivity index (χ0n) is 42.2. The Kier molecular flexibility index (Phi) is 9.04. The van der Waals surface area contributed by atoms with Crippen LogP contribution < -0.4 is 0 Å². The molecule has 7 heteroatoms. The predicted octanol–water partition coefficient (Wildman–Crippen LogP) is 19.7. The molecule has 0 aliphatic rings. The number of para-hydroxylation sites is 6. The van der Waals surface area contributed by atoms with Crippen molar-refractivity contribution in [3.8, 4) is 39.9 Å². The van der Waals surface area contributed by atoms with E-state index in [1.165, 1.54) is 10.1 Å². The van der Waals surface area contributed by atoms with Crippen molar-refractivity contribution >= 4 is 135 Å². The Morgan fingerprint density at radius 2 is 0.759 bits per heavy atom. The van der Waals surface area contributed by atoms with Crippen molar-refractivity contribution in [3.63, 3.8) is 0 Å². The van der Waals surface area contributed by atoms with Gasteiger partial charge in [0.25, 0.3) is 0 Å². The van der Waals surface area contributed by atoms with Crippen molar-refractivity contribution in [1.82, 2.24) is 18.3 Å². The molecule has 17 aromatic rings. The van der Waals surface area contributed by atoms with Crippen LogP contribution in [-0.4, -0.2) is 18.3 Å². The van der Waals surface area contributed by atoms with Crippen LogP contribution in [0, 0.1) is 17.9 Å². The predicted molar refractivity (Wildman–Crippen MR) is 331 cm³/mol. The summed E-state index contributed by atoms with van der Waals surface area (Å²) < 4.78 is 11.6. The second-order valence-electron chi connectivity index (χ2n) is 20.4. The first-order chi connectivity index (χ1) is 39.2. The van der Waals surface area contributed by atoms with Crippen molar-refractivity contribution in [2.24, 2.45) is 0 Å².